The average Bonchev–Trinajstić information content (AvgIpc) is 2.36. The number of benzene rings is 1. The minimum Gasteiger partial charge on any atom is -0.481 e. The number of carbonyl (C=O) groups excluding carboxylic acids is 1. The van der Waals surface area contributed by atoms with Gasteiger partial charge in [-0.15, -0.1) is 0 Å². The Morgan fingerprint density at radius 3 is 2.58 bits per heavy atom. The van der Waals surface area contributed by atoms with Crippen LogP contribution in [0.25, 0.3) is 0 Å². The van der Waals surface area contributed by atoms with Crippen LogP contribution in [-0.4, -0.2) is 18.6 Å². The molecule has 1 aromatic carbocycles. The Bertz CT molecular complexity index is 416. The molecule has 0 spiro atoms. The molecular formula is C15H24N2O2. The van der Waals surface area contributed by atoms with Crippen molar-refractivity contribution in [3.8, 4) is 5.75 Å². The van der Waals surface area contributed by atoms with Crippen molar-refractivity contribution in [2.45, 2.75) is 39.8 Å². The number of carbonyl (C=O) groups is 1. The fraction of sp³-hybridized carbons (Fsp3) is 0.533. The summed E-state index contributed by atoms with van der Waals surface area (Å²) in [5.74, 6) is 1.000. The van der Waals surface area contributed by atoms with Crippen LogP contribution in [0.15, 0.2) is 24.3 Å². The second kappa shape index (κ2) is 7.14. The smallest absolute Gasteiger partial charge is 0.260 e. The minimum atomic E-state index is -0.512. The lowest BCUT2D eigenvalue weighted by molar-refractivity contribution is -0.127. The van der Waals surface area contributed by atoms with E-state index in [1.165, 1.54) is 0 Å². The van der Waals surface area contributed by atoms with Gasteiger partial charge >= 0.3 is 0 Å². The largest absolute Gasteiger partial charge is 0.481 e. The van der Waals surface area contributed by atoms with E-state index in [0.717, 1.165) is 5.56 Å². The van der Waals surface area contributed by atoms with Crippen LogP contribution < -0.4 is 15.8 Å². The van der Waals surface area contributed by atoms with Gasteiger partial charge in [-0.3, -0.25) is 4.79 Å². The first-order valence-electron chi connectivity index (χ1n) is 6.70. The zero-order chi connectivity index (χ0) is 14.4. The summed E-state index contributed by atoms with van der Waals surface area (Å²) in [6, 6.07) is 7.48. The summed E-state index contributed by atoms with van der Waals surface area (Å²) in [7, 11) is 0. The van der Waals surface area contributed by atoms with Gasteiger partial charge in [0.25, 0.3) is 5.91 Å². The van der Waals surface area contributed by atoms with E-state index in [2.05, 4.69) is 19.2 Å². The van der Waals surface area contributed by atoms with Gasteiger partial charge in [0.05, 0.1) is 0 Å². The molecule has 0 aliphatic rings. The van der Waals surface area contributed by atoms with Crippen molar-refractivity contribution in [1.82, 2.24) is 5.32 Å². The molecule has 1 unspecified atom stereocenters. The third-order valence-electron chi connectivity index (χ3n) is 2.75. The fourth-order valence-electron chi connectivity index (χ4n) is 1.58. The molecule has 0 aromatic heterocycles. The van der Waals surface area contributed by atoms with Gasteiger partial charge in [-0.2, -0.15) is 0 Å². The number of nitrogens with two attached hydrogens (primary N) is 1. The number of hydrogen-bond acceptors (Lipinski definition) is 3. The van der Waals surface area contributed by atoms with Crippen molar-refractivity contribution >= 4 is 5.91 Å². The van der Waals surface area contributed by atoms with Gasteiger partial charge in [0, 0.05) is 12.6 Å². The lowest BCUT2D eigenvalue weighted by atomic mass is 10.1. The van der Waals surface area contributed by atoms with E-state index >= 15 is 0 Å². The SMILES string of the molecule is CC(C)CNC(=O)C(C)Oc1cccc([C@H](C)N)c1. The first-order valence-corrected chi connectivity index (χ1v) is 6.70. The highest BCUT2D eigenvalue weighted by molar-refractivity contribution is 5.80. The van der Waals surface area contributed by atoms with Gasteiger partial charge in [-0.05, 0) is 37.5 Å². The molecule has 1 aromatic rings. The Hall–Kier alpha value is -1.55. The maximum atomic E-state index is 11.8. The molecule has 3 N–H and O–H groups in total. The molecule has 0 saturated carbocycles. The number of nitrogens with one attached hydrogen (secondary N) is 1. The van der Waals surface area contributed by atoms with Crippen molar-refractivity contribution in [3.05, 3.63) is 29.8 Å². The molecule has 106 valence electrons. The summed E-state index contributed by atoms with van der Waals surface area (Å²) < 4.78 is 5.63. The van der Waals surface area contributed by atoms with E-state index < -0.39 is 6.10 Å². The van der Waals surface area contributed by atoms with Crippen LogP contribution in [0, 0.1) is 5.92 Å². The number of ether oxygens (including phenoxy) is 1. The molecule has 4 nitrogen and oxygen atoms in total. The molecule has 0 fully saturated rings. The average molecular weight is 264 g/mol. The summed E-state index contributed by atoms with van der Waals surface area (Å²) in [5.41, 5.74) is 6.81. The number of rotatable bonds is 6. The van der Waals surface area contributed by atoms with E-state index in [9.17, 15) is 4.79 Å². The van der Waals surface area contributed by atoms with Gasteiger partial charge in [0.15, 0.2) is 6.10 Å². The van der Waals surface area contributed by atoms with E-state index in [-0.39, 0.29) is 11.9 Å². The molecule has 0 heterocycles. The number of amides is 1. The quantitative estimate of drug-likeness (QED) is 0.828. The third kappa shape index (κ3) is 5.30. The fourth-order valence-corrected chi connectivity index (χ4v) is 1.58. The third-order valence-corrected chi connectivity index (χ3v) is 2.75. The monoisotopic (exact) mass is 264 g/mol. The molecule has 1 rings (SSSR count). The van der Waals surface area contributed by atoms with Crippen LogP contribution in [-0.2, 0) is 4.79 Å². The van der Waals surface area contributed by atoms with E-state index in [1.807, 2.05) is 31.2 Å². The van der Waals surface area contributed by atoms with Gasteiger partial charge in [0.1, 0.15) is 5.75 Å². The van der Waals surface area contributed by atoms with Crippen molar-refractivity contribution < 1.29 is 9.53 Å². The van der Waals surface area contributed by atoms with Crippen LogP contribution in [0.5, 0.6) is 5.75 Å². The molecule has 0 radical (unpaired) electrons. The Morgan fingerprint density at radius 2 is 2.00 bits per heavy atom. The van der Waals surface area contributed by atoms with Crippen molar-refractivity contribution in [2.75, 3.05) is 6.54 Å². The van der Waals surface area contributed by atoms with E-state index in [4.69, 9.17) is 10.5 Å². The van der Waals surface area contributed by atoms with Crippen LogP contribution in [0.2, 0.25) is 0 Å². The van der Waals surface area contributed by atoms with Crippen molar-refractivity contribution in [1.29, 1.82) is 0 Å². The lowest BCUT2D eigenvalue weighted by Crippen LogP contribution is -2.38. The predicted molar refractivity (Wildman–Crippen MR) is 77.0 cm³/mol. The zero-order valence-corrected chi connectivity index (χ0v) is 12.1. The molecule has 0 bridgehead atoms. The van der Waals surface area contributed by atoms with Crippen LogP contribution in [0.1, 0.15) is 39.3 Å². The molecule has 0 aliphatic carbocycles. The summed E-state index contributed by atoms with van der Waals surface area (Å²) in [6.45, 7) is 8.42. The van der Waals surface area contributed by atoms with Gasteiger partial charge in [-0.1, -0.05) is 26.0 Å². The van der Waals surface area contributed by atoms with Crippen LogP contribution >= 0.6 is 0 Å². The van der Waals surface area contributed by atoms with Gasteiger partial charge in [-0.25, -0.2) is 0 Å². The molecule has 4 heteroatoms. The molecule has 0 saturated heterocycles. The van der Waals surface area contributed by atoms with Crippen molar-refractivity contribution in [2.24, 2.45) is 11.7 Å². The maximum Gasteiger partial charge on any atom is 0.260 e. The molecule has 2 atom stereocenters. The van der Waals surface area contributed by atoms with Crippen LogP contribution in [0.3, 0.4) is 0 Å². The summed E-state index contributed by atoms with van der Waals surface area (Å²) >= 11 is 0. The minimum absolute atomic E-state index is 0.0476. The second-order valence-corrected chi connectivity index (χ2v) is 5.26. The Balaban J connectivity index is 2.58. The molecule has 0 aliphatic heterocycles. The Morgan fingerprint density at radius 1 is 1.32 bits per heavy atom. The standard InChI is InChI=1S/C15H24N2O2/c1-10(2)9-17-15(18)12(4)19-14-7-5-6-13(8-14)11(3)16/h5-8,10-12H,9,16H2,1-4H3,(H,17,18)/t11-,12?/m0/s1. The second-order valence-electron chi connectivity index (χ2n) is 5.26. The zero-order valence-electron chi connectivity index (χ0n) is 12.1. The Labute approximate surface area is 115 Å². The van der Waals surface area contributed by atoms with Gasteiger partial charge in [0.2, 0.25) is 0 Å². The first-order chi connectivity index (χ1) is 8.90. The normalized spacial score (nSPS) is 14.0. The highest BCUT2D eigenvalue weighted by atomic mass is 16.5. The lowest BCUT2D eigenvalue weighted by Gasteiger charge is -2.16. The topological polar surface area (TPSA) is 64.3 Å². The predicted octanol–water partition coefficient (Wildman–Crippen LogP) is 2.25. The maximum absolute atomic E-state index is 11.8. The van der Waals surface area contributed by atoms with Crippen LogP contribution in [0.4, 0.5) is 0 Å². The summed E-state index contributed by atoms with van der Waals surface area (Å²) in [5, 5.41) is 2.85. The summed E-state index contributed by atoms with van der Waals surface area (Å²) in [6.07, 6.45) is -0.512. The Kier molecular flexibility index (Phi) is 5.83. The molecule has 1 amide bonds. The summed E-state index contributed by atoms with van der Waals surface area (Å²) in [4.78, 5) is 11.8. The van der Waals surface area contributed by atoms with Gasteiger partial charge < -0.3 is 15.8 Å². The number of hydrogen-bond donors (Lipinski definition) is 2. The molecular weight excluding hydrogens is 240 g/mol. The first kappa shape index (κ1) is 15.5. The van der Waals surface area contributed by atoms with E-state index in [0.29, 0.717) is 18.2 Å². The highest BCUT2D eigenvalue weighted by Crippen LogP contribution is 2.18. The molecule has 19 heavy (non-hydrogen) atoms. The highest BCUT2D eigenvalue weighted by Gasteiger charge is 2.14. The van der Waals surface area contributed by atoms with Crippen molar-refractivity contribution in [3.63, 3.8) is 0 Å². The van der Waals surface area contributed by atoms with E-state index in [1.54, 1.807) is 6.92 Å².